The topological polar surface area (TPSA) is 39.7 Å². The number of methoxy groups -OCH3 is 3. The Bertz CT molecular complexity index is 815. The van der Waals surface area contributed by atoms with Crippen LogP contribution in [0.25, 0.3) is 0 Å². The van der Waals surface area contributed by atoms with Gasteiger partial charge in [-0.15, -0.1) is 0 Å². The molecule has 0 saturated carbocycles. The fraction of sp³-hybridized carbons (Fsp3) is 0.333. The van der Waals surface area contributed by atoms with Crippen LogP contribution in [0.2, 0.25) is 0 Å². The monoisotopic (exact) mass is 337 g/mol. The van der Waals surface area contributed by atoms with Crippen molar-refractivity contribution in [2.75, 3.05) is 26.6 Å². The van der Waals surface area contributed by atoms with Gasteiger partial charge in [0.1, 0.15) is 5.75 Å². The zero-order valence-corrected chi connectivity index (χ0v) is 14.8. The predicted molar refractivity (Wildman–Crippen MR) is 98.9 cm³/mol. The first-order chi connectivity index (χ1) is 12.2. The van der Waals surface area contributed by atoms with E-state index < -0.39 is 0 Å². The molecule has 4 rings (SSSR count). The smallest absolute Gasteiger partial charge is 0.161 e. The SMILES string of the molecule is COc1ccc2c(c1)C1C=CCC1C(c1ccc(OC)c(OC)c1)N2. The number of hydrogen-bond donors (Lipinski definition) is 1. The van der Waals surface area contributed by atoms with Crippen LogP contribution in [0.4, 0.5) is 5.69 Å². The predicted octanol–water partition coefficient (Wildman–Crippen LogP) is 4.54. The Kier molecular flexibility index (Phi) is 4.04. The normalized spacial score (nSPS) is 23.4. The second-order valence-electron chi connectivity index (χ2n) is 6.54. The first-order valence-corrected chi connectivity index (χ1v) is 8.58. The Labute approximate surface area is 148 Å². The molecule has 4 heteroatoms. The molecule has 0 bridgehead atoms. The van der Waals surface area contributed by atoms with E-state index in [9.17, 15) is 0 Å². The molecular weight excluding hydrogens is 314 g/mol. The summed E-state index contributed by atoms with van der Waals surface area (Å²) in [6.45, 7) is 0. The third-order valence-corrected chi connectivity index (χ3v) is 5.34. The number of nitrogens with one attached hydrogen (secondary N) is 1. The molecule has 0 fully saturated rings. The summed E-state index contributed by atoms with van der Waals surface area (Å²) < 4.78 is 16.3. The van der Waals surface area contributed by atoms with Crippen molar-refractivity contribution in [2.24, 2.45) is 5.92 Å². The Morgan fingerprint density at radius 3 is 2.52 bits per heavy atom. The van der Waals surface area contributed by atoms with Gasteiger partial charge in [-0.05, 0) is 53.8 Å². The maximum atomic E-state index is 5.49. The number of hydrogen-bond acceptors (Lipinski definition) is 4. The molecule has 3 atom stereocenters. The maximum Gasteiger partial charge on any atom is 0.161 e. The van der Waals surface area contributed by atoms with Crippen LogP contribution in [0.3, 0.4) is 0 Å². The fourth-order valence-electron chi connectivity index (χ4n) is 4.08. The van der Waals surface area contributed by atoms with E-state index in [0.717, 1.165) is 23.7 Å². The molecule has 4 nitrogen and oxygen atoms in total. The molecule has 2 aromatic carbocycles. The molecule has 0 spiro atoms. The summed E-state index contributed by atoms with van der Waals surface area (Å²) >= 11 is 0. The molecule has 1 aliphatic heterocycles. The van der Waals surface area contributed by atoms with Gasteiger partial charge in [-0.25, -0.2) is 0 Å². The molecule has 1 N–H and O–H groups in total. The van der Waals surface area contributed by atoms with Crippen LogP contribution in [0.15, 0.2) is 48.6 Å². The minimum atomic E-state index is 0.237. The Balaban J connectivity index is 1.74. The Morgan fingerprint density at radius 1 is 0.920 bits per heavy atom. The van der Waals surface area contributed by atoms with Crippen LogP contribution < -0.4 is 19.5 Å². The molecule has 0 amide bonds. The molecule has 1 heterocycles. The number of rotatable bonds is 4. The van der Waals surface area contributed by atoms with Crippen LogP contribution in [0.1, 0.15) is 29.5 Å². The van der Waals surface area contributed by atoms with E-state index in [4.69, 9.17) is 14.2 Å². The van der Waals surface area contributed by atoms with Gasteiger partial charge in [0.15, 0.2) is 11.5 Å². The lowest BCUT2D eigenvalue weighted by atomic mass is 9.77. The van der Waals surface area contributed by atoms with Gasteiger partial charge in [-0.3, -0.25) is 0 Å². The van der Waals surface area contributed by atoms with Crippen LogP contribution in [0.5, 0.6) is 17.2 Å². The molecule has 3 unspecified atom stereocenters. The van der Waals surface area contributed by atoms with Gasteiger partial charge < -0.3 is 19.5 Å². The van der Waals surface area contributed by atoms with Crippen molar-refractivity contribution in [3.63, 3.8) is 0 Å². The minimum absolute atomic E-state index is 0.237. The lowest BCUT2D eigenvalue weighted by Gasteiger charge is -2.37. The summed E-state index contributed by atoms with van der Waals surface area (Å²) in [6, 6.07) is 12.7. The molecule has 2 aliphatic rings. The van der Waals surface area contributed by atoms with E-state index in [1.54, 1.807) is 21.3 Å². The van der Waals surface area contributed by atoms with Crippen LogP contribution in [0, 0.1) is 5.92 Å². The highest BCUT2D eigenvalue weighted by atomic mass is 16.5. The Hall–Kier alpha value is -2.62. The zero-order valence-electron chi connectivity index (χ0n) is 14.8. The van der Waals surface area contributed by atoms with Gasteiger partial charge in [0, 0.05) is 11.6 Å². The first kappa shape index (κ1) is 15.9. The van der Waals surface area contributed by atoms with Crippen molar-refractivity contribution >= 4 is 5.69 Å². The summed E-state index contributed by atoms with van der Waals surface area (Å²) in [5.74, 6) is 3.32. The largest absolute Gasteiger partial charge is 0.497 e. The average molecular weight is 337 g/mol. The number of anilines is 1. The van der Waals surface area contributed by atoms with E-state index >= 15 is 0 Å². The van der Waals surface area contributed by atoms with Crippen molar-refractivity contribution in [1.29, 1.82) is 0 Å². The van der Waals surface area contributed by atoms with E-state index in [2.05, 4.69) is 41.7 Å². The van der Waals surface area contributed by atoms with Crippen molar-refractivity contribution in [2.45, 2.75) is 18.4 Å². The summed E-state index contributed by atoms with van der Waals surface area (Å²) in [7, 11) is 5.06. The lowest BCUT2D eigenvalue weighted by molar-refractivity contribution is 0.352. The van der Waals surface area contributed by atoms with Gasteiger partial charge in [0.25, 0.3) is 0 Å². The summed E-state index contributed by atoms with van der Waals surface area (Å²) in [4.78, 5) is 0. The van der Waals surface area contributed by atoms with Crippen molar-refractivity contribution < 1.29 is 14.2 Å². The Morgan fingerprint density at radius 2 is 1.76 bits per heavy atom. The molecule has 0 radical (unpaired) electrons. The standard InChI is InChI=1S/C21H23NO3/c1-23-14-8-9-18-17(12-14)15-5-4-6-16(15)21(22-18)13-7-10-19(24-2)20(11-13)25-3/h4-5,7-12,15-16,21-22H,6H2,1-3H3. The van der Waals surface area contributed by atoms with Gasteiger partial charge >= 0.3 is 0 Å². The summed E-state index contributed by atoms with van der Waals surface area (Å²) in [5, 5.41) is 3.73. The third kappa shape index (κ3) is 2.62. The summed E-state index contributed by atoms with van der Waals surface area (Å²) in [6.07, 6.45) is 5.68. The van der Waals surface area contributed by atoms with Gasteiger partial charge in [-0.1, -0.05) is 18.2 Å². The van der Waals surface area contributed by atoms with E-state index in [1.165, 1.54) is 16.8 Å². The second-order valence-corrected chi connectivity index (χ2v) is 6.54. The van der Waals surface area contributed by atoms with Gasteiger partial charge in [0.2, 0.25) is 0 Å². The quantitative estimate of drug-likeness (QED) is 0.832. The van der Waals surface area contributed by atoms with Gasteiger partial charge in [-0.2, -0.15) is 0 Å². The zero-order chi connectivity index (χ0) is 17.4. The van der Waals surface area contributed by atoms with Crippen LogP contribution in [-0.4, -0.2) is 21.3 Å². The maximum absolute atomic E-state index is 5.49. The van der Waals surface area contributed by atoms with Crippen LogP contribution >= 0.6 is 0 Å². The highest BCUT2D eigenvalue weighted by Gasteiger charge is 2.38. The molecule has 130 valence electrons. The molecular formula is C21H23NO3. The number of benzene rings is 2. The lowest BCUT2D eigenvalue weighted by Crippen LogP contribution is -2.29. The number of fused-ring (bicyclic) bond motifs is 3. The first-order valence-electron chi connectivity index (χ1n) is 8.58. The number of allylic oxidation sites excluding steroid dienone is 2. The van der Waals surface area contributed by atoms with E-state index in [1.807, 2.05) is 12.1 Å². The molecule has 0 saturated heterocycles. The van der Waals surface area contributed by atoms with Crippen molar-refractivity contribution in [3.8, 4) is 17.2 Å². The van der Waals surface area contributed by atoms with E-state index in [-0.39, 0.29) is 6.04 Å². The van der Waals surface area contributed by atoms with Crippen molar-refractivity contribution in [1.82, 2.24) is 0 Å². The van der Waals surface area contributed by atoms with E-state index in [0.29, 0.717) is 11.8 Å². The summed E-state index contributed by atoms with van der Waals surface area (Å²) in [5.41, 5.74) is 3.71. The molecule has 2 aromatic rings. The van der Waals surface area contributed by atoms with Crippen LogP contribution in [-0.2, 0) is 0 Å². The highest BCUT2D eigenvalue weighted by molar-refractivity contribution is 5.62. The van der Waals surface area contributed by atoms with Gasteiger partial charge in [0.05, 0.1) is 27.4 Å². The van der Waals surface area contributed by atoms with Crippen molar-refractivity contribution in [3.05, 3.63) is 59.7 Å². The highest BCUT2D eigenvalue weighted by Crippen LogP contribution is 2.51. The molecule has 1 aliphatic carbocycles. The minimum Gasteiger partial charge on any atom is -0.497 e. The fourth-order valence-corrected chi connectivity index (χ4v) is 4.08. The average Bonchev–Trinajstić information content (AvgIpc) is 3.16. The molecule has 25 heavy (non-hydrogen) atoms. The molecule has 0 aromatic heterocycles. The number of ether oxygens (including phenoxy) is 3. The second kappa shape index (κ2) is 6.36. The third-order valence-electron chi connectivity index (χ3n) is 5.34.